The van der Waals surface area contributed by atoms with Crippen LogP contribution in [-0.2, 0) is 0 Å². The molecule has 0 heterocycles. The first-order valence-electron chi connectivity index (χ1n) is 8.67. The minimum Gasteiger partial charge on any atom is -0.306 e. The van der Waals surface area contributed by atoms with Crippen LogP contribution >= 0.6 is 0 Å². The van der Waals surface area contributed by atoms with E-state index in [1.54, 1.807) is 0 Å². The average Bonchev–Trinajstić information content (AvgIpc) is 2.47. The average molecular weight is 303 g/mol. The molecule has 2 nitrogen and oxygen atoms in total. The number of rotatable bonds is 9. The van der Waals surface area contributed by atoms with E-state index in [4.69, 9.17) is 0 Å². The van der Waals surface area contributed by atoms with Crippen molar-refractivity contribution < 1.29 is 4.79 Å². The molecule has 0 aliphatic rings. The van der Waals surface area contributed by atoms with E-state index >= 15 is 0 Å². The maximum Gasteiger partial charge on any atom is 0.165 e. The summed E-state index contributed by atoms with van der Waals surface area (Å²) in [6.07, 6.45) is 2.32. The standard InChI is InChI=1S/C20H33NO/c1-7-17(12-13-21(6)14-15(2)3)18-8-10-19(11-9-18)20(22)16(4)5/h8-11,15-17H,7,12-14H2,1-6H3. The van der Waals surface area contributed by atoms with E-state index in [2.05, 4.69) is 44.9 Å². The van der Waals surface area contributed by atoms with Gasteiger partial charge in [-0.25, -0.2) is 0 Å². The minimum absolute atomic E-state index is 0.0671. The minimum atomic E-state index is 0.0671. The van der Waals surface area contributed by atoms with Gasteiger partial charge in [0, 0.05) is 18.0 Å². The molecule has 0 aliphatic carbocycles. The molecule has 0 saturated heterocycles. The molecule has 2 heteroatoms. The van der Waals surface area contributed by atoms with Gasteiger partial charge in [0.2, 0.25) is 0 Å². The molecule has 1 aromatic carbocycles. The van der Waals surface area contributed by atoms with Crippen molar-refractivity contribution in [3.8, 4) is 0 Å². The van der Waals surface area contributed by atoms with Gasteiger partial charge in [-0.15, -0.1) is 0 Å². The molecule has 1 unspecified atom stereocenters. The normalized spacial score (nSPS) is 13.1. The quantitative estimate of drug-likeness (QED) is 0.599. The van der Waals surface area contributed by atoms with Crippen molar-refractivity contribution in [3.63, 3.8) is 0 Å². The fourth-order valence-corrected chi connectivity index (χ4v) is 2.95. The van der Waals surface area contributed by atoms with E-state index in [-0.39, 0.29) is 11.7 Å². The van der Waals surface area contributed by atoms with E-state index in [9.17, 15) is 4.79 Å². The van der Waals surface area contributed by atoms with Crippen molar-refractivity contribution in [2.75, 3.05) is 20.1 Å². The Morgan fingerprint density at radius 1 is 1.09 bits per heavy atom. The third-order valence-corrected chi connectivity index (χ3v) is 4.22. The van der Waals surface area contributed by atoms with Crippen LogP contribution in [0.5, 0.6) is 0 Å². The van der Waals surface area contributed by atoms with Gasteiger partial charge in [-0.3, -0.25) is 4.79 Å². The van der Waals surface area contributed by atoms with Gasteiger partial charge in [0.1, 0.15) is 0 Å². The summed E-state index contributed by atoms with van der Waals surface area (Å²) in [5.74, 6) is 1.60. The molecule has 0 radical (unpaired) electrons. The molecule has 1 atom stereocenters. The fraction of sp³-hybridized carbons (Fsp3) is 0.650. The lowest BCUT2D eigenvalue weighted by molar-refractivity contribution is 0.0939. The molecule has 22 heavy (non-hydrogen) atoms. The molecule has 0 spiro atoms. The lowest BCUT2D eigenvalue weighted by Crippen LogP contribution is -2.25. The zero-order valence-corrected chi connectivity index (χ0v) is 15.2. The Labute approximate surface area is 136 Å². The van der Waals surface area contributed by atoms with Gasteiger partial charge in [0.05, 0.1) is 0 Å². The second-order valence-electron chi connectivity index (χ2n) is 7.19. The molecule has 124 valence electrons. The van der Waals surface area contributed by atoms with E-state index in [0.29, 0.717) is 11.8 Å². The van der Waals surface area contributed by atoms with Gasteiger partial charge in [-0.1, -0.05) is 58.9 Å². The van der Waals surface area contributed by atoms with Crippen LogP contribution in [0.4, 0.5) is 0 Å². The number of nitrogens with zero attached hydrogens (tertiary/aromatic N) is 1. The Bertz CT molecular complexity index is 447. The monoisotopic (exact) mass is 303 g/mol. The Kier molecular flexibility index (Phi) is 7.81. The largest absolute Gasteiger partial charge is 0.306 e. The number of hydrogen-bond donors (Lipinski definition) is 0. The van der Waals surface area contributed by atoms with Gasteiger partial charge >= 0.3 is 0 Å². The van der Waals surface area contributed by atoms with Crippen molar-refractivity contribution in [1.29, 1.82) is 0 Å². The number of carbonyl (C=O) groups excluding carboxylic acids is 1. The highest BCUT2D eigenvalue weighted by Gasteiger charge is 2.14. The third-order valence-electron chi connectivity index (χ3n) is 4.22. The molecule has 1 rings (SSSR count). The SMILES string of the molecule is CCC(CCN(C)CC(C)C)c1ccc(C(=O)C(C)C)cc1. The molecule has 0 N–H and O–H groups in total. The van der Waals surface area contributed by atoms with Crippen LogP contribution in [0.3, 0.4) is 0 Å². The molecule has 0 fully saturated rings. The summed E-state index contributed by atoms with van der Waals surface area (Å²) in [5, 5.41) is 0. The number of carbonyl (C=O) groups is 1. The smallest absolute Gasteiger partial charge is 0.165 e. The summed E-state index contributed by atoms with van der Waals surface area (Å²) < 4.78 is 0. The highest BCUT2D eigenvalue weighted by atomic mass is 16.1. The first-order chi connectivity index (χ1) is 10.3. The summed E-state index contributed by atoms with van der Waals surface area (Å²) in [5.41, 5.74) is 2.20. The summed E-state index contributed by atoms with van der Waals surface area (Å²) >= 11 is 0. The molecule has 0 bridgehead atoms. The number of benzene rings is 1. The first-order valence-corrected chi connectivity index (χ1v) is 8.67. The summed E-state index contributed by atoms with van der Waals surface area (Å²) in [6.45, 7) is 13.0. The van der Waals surface area contributed by atoms with Gasteiger partial charge in [-0.2, -0.15) is 0 Å². The zero-order valence-electron chi connectivity index (χ0n) is 15.2. The number of ketones is 1. The molecule has 0 saturated carbocycles. The Morgan fingerprint density at radius 3 is 2.14 bits per heavy atom. The highest BCUT2D eigenvalue weighted by Crippen LogP contribution is 2.24. The molecule has 0 aromatic heterocycles. The predicted octanol–water partition coefficient (Wildman–Crippen LogP) is 5.00. The Hall–Kier alpha value is -1.15. The lowest BCUT2D eigenvalue weighted by atomic mass is 9.91. The number of Topliss-reactive ketones (excluding diaryl/α,β-unsaturated/α-hetero) is 1. The predicted molar refractivity (Wildman–Crippen MR) is 95.6 cm³/mol. The fourth-order valence-electron chi connectivity index (χ4n) is 2.95. The maximum absolute atomic E-state index is 12.0. The highest BCUT2D eigenvalue weighted by molar-refractivity contribution is 5.97. The summed E-state index contributed by atoms with van der Waals surface area (Å²) in [6, 6.07) is 8.29. The third kappa shape index (κ3) is 5.92. The van der Waals surface area contributed by atoms with E-state index in [1.165, 1.54) is 12.0 Å². The Morgan fingerprint density at radius 2 is 1.68 bits per heavy atom. The topological polar surface area (TPSA) is 20.3 Å². The molecule has 0 aliphatic heterocycles. The maximum atomic E-state index is 12.0. The Balaban J connectivity index is 2.65. The van der Waals surface area contributed by atoms with Gasteiger partial charge in [0.15, 0.2) is 5.78 Å². The van der Waals surface area contributed by atoms with Crippen LogP contribution < -0.4 is 0 Å². The van der Waals surface area contributed by atoms with Crippen molar-refractivity contribution in [2.24, 2.45) is 11.8 Å². The molecule has 0 amide bonds. The second kappa shape index (κ2) is 9.09. The molecular formula is C20H33NO. The summed E-state index contributed by atoms with van der Waals surface area (Å²) in [4.78, 5) is 14.4. The van der Waals surface area contributed by atoms with E-state index < -0.39 is 0 Å². The van der Waals surface area contributed by atoms with Crippen LogP contribution in [0.2, 0.25) is 0 Å². The van der Waals surface area contributed by atoms with Gasteiger partial charge < -0.3 is 4.90 Å². The van der Waals surface area contributed by atoms with E-state index in [0.717, 1.165) is 25.1 Å². The van der Waals surface area contributed by atoms with Crippen molar-refractivity contribution in [2.45, 2.75) is 53.4 Å². The lowest BCUT2D eigenvalue weighted by Gasteiger charge is -2.22. The van der Waals surface area contributed by atoms with Gasteiger partial charge in [0.25, 0.3) is 0 Å². The van der Waals surface area contributed by atoms with E-state index in [1.807, 2.05) is 26.0 Å². The van der Waals surface area contributed by atoms with Crippen LogP contribution in [0, 0.1) is 11.8 Å². The summed E-state index contributed by atoms with van der Waals surface area (Å²) in [7, 11) is 2.21. The van der Waals surface area contributed by atoms with Crippen molar-refractivity contribution >= 4 is 5.78 Å². The number of hydrogen-bond acceptors (Lipinski definition) is 2. The van der Waals surface area contributed by atoms with Crippen LogP contribution in [0.15, 0.2) is 24.3 Å². The second-order valence-corrected chi connectivity index (χ2v) is 7.19. The van der Waals surface area contributed by atoms with Crippen molar-refractivity contribution in [3.05, 3.63) is 35.4 Å². The van der Waals surface area contributed by atoms with Gasteiger partial charge in [-0.05, 0) is 43.8 Å². The first kappa shape index (κ1) is 18.9. The zero-order chi connectivity index (χ0) is 16.7. The molecular weight excluding hydrogens is 270 g/mol. The molecule has 1 aromatic rings. The van der Waals surface area contributed by atoms with Crippen molar-refractivity contribution in [1.82, 2.24) is 4.90 Å². The van der Waals surface area contributed by atoms with Crippen LogP contribution in [-0.4, -0.2) is 30.8 Å². The van der Waals surface area contributed by atoms with Crippen LogP contribution in [0.25, 0.3) is 0 Å². The van der Waals surface area contributed by atoms with Crippen LogP contribution in [0.1, 0.15) is 69.3 Å².